The van der Waals surface area contributed by atoms with E-state index in [1.54, 1.807) is 0 Å². The van der Waals surface area contributed by atoms with Crippen LogP contribution in [0, 0.1) is 0 Å². The highest BCUT2D eigenvalue weighted by Crippen LogP contribution is 2.19. The van der Waals surface area contributed by atoms with Gasteiger partial charge in [-0.2, -0.15) is 0 Å². The molecule has 100 valence electrons. The van der Waals surface area contributed by atoms with Crippen LogP contribution in [0.2, 0.25) is 0 Å². The second-order valence-corrected chi connectivity index (χ2v) is 6.13. The molecule has 0 bridgehead atoms. The minimum atomic E-state index is -3.88. The molecule has 7 heteroatoms. The molecule has 1 aliphatic rings. The van der Waals surface area contributed by atoms with Crippen LogP contribution in [0.1, 0.15) is 25.7 Å². The summed E-state index contributed by atoms with van der Waals surface area (Å²) in [6, 6.07) is 0.648. The first-order valence-electron chi connectivity index (χ1n) is 5.88. The van der Waals surface area contributed by atoms with Crippen LogP contribution in [0.5, 0.6) is 0 Å². The summed E-state index contributed by atoms with van der Waals surface area (Å²) in [7, 11) is -3.88. The molecular formula is C11H16N2O4S. The molecule has 1 aliphatic carbocycles. The van der Waals surface area contributed by atoms with Gasteiger partial charge in [0.25, 0.3) is 0 Å². The van der Waals surface area contributed by atoms with Crippen molar-refractivity contribution in [3.05, 3.63) is 28.7 Å². The summed E-state index contributed by atoms with van der Waals surface area (Å²) in [5.41, 5.74) is -0.563. The van der Waals surface area contributed by atoms with Crippen molar-refractivity contribution in [3.8, 4) is 0 Å². The van der Waals surface area contributed by atoms with Crippen molar-refractivity contribution in [2.45, 2.75) is 42.7 Å². The lowest BCUT2D eigenvalue weighted by Gasteiger charge is -2.27. The van der Waals surface area contributed by atoms with E-state index in [2.05, 4.69) is 9.71 Å². The number of pyridine rings is 1. The number of H-pyrrole nitrogens is 1. The number of aromatic amines is 1. The monoisotopic (exact) mass is 272 g/mol. The molecule has 6 nitrogen and oxygen atoms in total. The molecule has 2 rings (SSSR count). The maximum atomic E-state index is 12.0. The Labute approximate surface area is 105 Å². The molecule has 1 aromatic rings. The van der Waals surface area contributed by atoms with Crippen LogP contribution < -0.4 is 10.2 Å². The van der Waals surface area contributed by atoms with Crippen LogP contribution in [0.15, 0.2) is 28.2 Å². The summed E-state index contributed by atoms with van der Waals surface area (Å²) >= 11 is 0. The molecule has 0 aromatic carbocycles. The Bertz CT molecular complexity index is 566. The molecule has 2 atom stereocenters. The van der Waals surface area contributed by atoms with E-state index in [9.17, 15) is 18.3 Å². The molecule has 0 saturated heterocycles. The number of aliphatic hydroxyl groups excluding tert-OH is 1. The highest BCUT2D eigenvalue weighted by Gasteiger charge is 2.29. The molecule has 1 aromatic heterocycles. The number of hydrogen-bond donors (Lipinski definition) is 3. The third-order valence-corrected chi connectivity index (χ3v) is 4.62. The molecule has 1 heterocycles. The summed E-state index contributed by atoms with van der Waals surface area (Å²) in [4.78, 5) is 13.7. The van der Waals surface area contributed by atoms with Gasteiger partial charge in [-0.1, -0.05) is 12.8 Å². The maximum absolute atomic E-state index is 12.0. The normalized spacial score (nSPS) is 24.9. The maximum Gasteiger partial charge on any atom is 0.246 e. The van der Waals surface area contributed by atoms with Crippen LogP contribution in [-0.2, 0) is 10.0 Å². The molecular weight excluding hydrogens is 256 g/mol. The van der Waals surface area contributed by atoms with Crippen LogP contribution in [-0.4, -0.2) is 30.7 Å². The van der Waals surface area contributed by atoms with Crippen molar-refractivity contribution in [2.75, 3.05) is 0 Å². The second-order valence-electron chi connectivity index (χ2n) is 4.45. The van der Waals surface area contributed by atoms with Gasteiger partial charge in [0, 0.05) is 24.5 Å². The zero-order chi connectivity index (χ0) is 13.2. The molecule has 0 aliphatic heterocycles. The van der Waals surface area contributed by atoms with Gasteiger partial charge in [0.1, 0.15) is 4.90 Å². The number of aromatic nitrogens is 1. The van der Waals surface area contributed by atoms with Gasteiger partial charge in [0.15, 0.2) is 0 Å². The third kappa shape index (κ3) is 2.80. The van der Waals surface area contributed by atoms with Gasteiger partial charge >= 0.3 is 0 Å². The third-order valence-electron chi connectivity index (χ3n) is 3.11. The molecule has 0 radical (unpaired) electrons. The largest absolute Gasteiger partial charge is 0.391 e. The fourth-order valence-corrected chi connectivity index (χ4v) is 3.48. The smallest absolute Gasteiger partial charge is 0.246 e. The van der Waals surface area contributed by atoms with Crippen molar-refractivity contribution in [3.63, 3.8) is 0 Å². The van der Waals surface area contributed by atoms with E-state index in [1.165, 1.54) is 6.20 Å². The van der Waals surface area contributed by atoms with E-state index in [4.69, 9.17) is 0 Å². The van der Waals surface area contributed by atoms with Crippen LogP contribution in [0.4, 0.5) is 0 Å². The molecule has 3 N–H and O–H groups in total. The van der Waals surface area contributed by atoms with Crippen molar-refractivity contribution < 1.29 is 13.5 Å². The van der Waals surface area contributed by atoms with E-state index in [0.717, 1.165) is 25.1 Å². The quantitative estimate of drug-likeness (QED) is 0.718. The molecule has 0 amide bonds. The average Bonchev–Trinajstić information content (AvgIpc) is 2.32. The van der Waals surface area contributed by atoms with Crippen LogP contribution in [0.25, 0.3) is 0 Å². The molecule has 1 saturated carbocycles. The van der Waals surface area contributed by atoms with Gasteiger partial charge in [-0.05, 0) is 12.8 Å². The summed E-state index contributed by atoms with van der Waals surface area (Å²) in [5.74, 6) is 0. The Kier molecular flexibility index (Phi) is 3.84. The lowest BCUT2D eigenvalue weighted by Crippen LogP contribution is -2.45. The SMILES string of the molecule is O=c1cc[nH]cc1S(=O)(=O)NC1CCCCC1O. The van der Waals surface area contributed by atoms with E-state index < -0.39 is 27.6 Å². The van der Waals surface area contributed by atoms with Crippen molar-refractivity contribution in [1.29, 1.82) is 0 Å². The van der Waals surface area contributed by atoms with Gasteiger partial charge < -0.3 is 10.1 Å². The minimum absolute atomic E-state index is 0.317. The van der Waals surface area contributed by atoms with Crippen molar-refractivity contribution in [2.24, 2.45) is 0 Å². The molecule has 0 spiro atoms. The molecule has 2 unspecified atom stereocenters. The first-order chi connectivity index (χ1) is 8.50. The standard InChI is InChI=1S/C11H16N2O4S/c14-9-4-2-1-3-8(9)13-18(16,17)11-7-12-6-5-10(11)15/h5-9,13-14H,1-4H2,(H,12,15). The Balaban J connectivity index is 2.22. The average molecular weight is 272 g/mol. The number of sulfonamides is 1. The zero-order valence-corrected chi connectivity index (χ0v) is 10.6. The first-order valence-corrected chi connectivity index (χ1v) is 7.36. The Morgan fingerprint density at radius 2 is 2.06 bits per heavy atom. The van der Waals surface area contributed by atoms with Gasteiger partial charge in [-0.25, -0.2) is 13.1 Å². The Hall–Kier alpha value is -1.18. The topological polar surface area (TPSA) is 99.3 Å². The van der Waals surface area contributed by atoms with Crippen LogP contribution >= 0.6 is 0 Å². The number of aliphatic hydroxyl groups is 1. The Morgan fingerprint density at radius 3 is 2.72 bits per heavy atom. The second kappa shape index (κ2) is 5.21. The van der Waals surface area contributed by atoms with Crippen molar-refractivity contribution in [1.82, 2.24) is 9.71 Å². The minimum Gasteiger partial charge on any atom is -0.391 e. The fourth-order valence-electron chi connectivity index (χ4n) is 2.12. The predicted octanol–water partition coefficient (Wildman–Crippen LogP) is -0.0433. The predicted molar refractivity (Wildman–Crippen MR) is 65.6 cm³/mol. The van der Waals surface area contributed by atoms with E-state index in [-0.39, 0.29) is 4.90 Å². The number of rotatable bonds is 3. The lowest BCUT2D eigenvalue weighted by molar-refractivity contribution is 0.101. The van der Waals surface area contributed by atoms with Gasteiger partial charge in [-0.15, -0.1) is 0 Å². The van der Waals surface area contributed by atoms with E-state index in [0.29, 0.717) is 12.8 Å². The molecule has 1 fully saturated rings. The summed E-state index contributed by atoms with van der Waals surface area (Å²) < 4.78 is 26.5. The first kappa shape index (κ1) is 13.3. The Morgan fingerprint density at radius 1 is 1.33 bits per heavy atom. The highest BCUT2D eigenvalue weighted by atomic mass is 32.2. The van der Waals surface area contributed by atoms with Gasteiger partial charge in [-0.3, -0.25) is 4.79 Å². The lowest BCUT2D eigenvalue weighted by atomic mass is 9.93. The summed E-state index contributed by atoms with van der Waals surface area (Å²) in [6.45, 7) is 0. The zero-order valence-electron chi connectivity index (χ0n) is 9.80. The van der Waals surface area contributed by atoms with Crippen molar-refractivity contribution >= 4 is 10.0 Å². The van der Waals surface area contributed by atoms with Gasteiger partial charge in [0.05, 0.1) is 6.10 Å². The fraction of sp³-hybridized carbons (Fsp3) is 0.545. The van der Waals surface area contributed by atoms with E-state index in [1.807, 2.05) is 0 Å². The number of hydrogen-bond acceptors (Lipinski definition) is 4. The number of nitrogens with one attached hydrogen (secondary N) is 2. The van der Waals surface area contributed by atoms with Gasteiger partial charge in [0.2, 0.25) is 15.5 Å². The highest BCUT2D eigenvalue weighted by molar-refractivity contribution is 7.89. The summed E-state index contributed by atoms with van der Waals surface area (Å²) in [6.07, 6.45) is 4.78. The van der Waals surface area contributed by atoms with E-state index >= 15 is 0 Å². The summed E-state index contributed by atoms with van der Waals surface area (Å²) in [5, 5.41) is 9.74. The van der Waals surface area contributed by atoms with Crippen LogP contribution in [0.3, 0.4) is 0 Å². The molecule has 18 heavy (non-hydrogen) atoms.